The molecule has 1 aliphatic rings. The number of hydrogen-bond donors (Lipinski definition) is 1. The highest BCUT2D eigenvalue weighted by atomic mass is 35.5. The number of pyridine rings is 1. The number of anilines is 1. The highest BCUT2D eigenvalue weighted by molar-refractivity contribution is 6.31. The van der Waals surface area contributed by atoms with E-state index in [1.54, 1.807) is 14.2 Å². The number of ether oxygens (including phenoxy) is 2. The summed E-state index contributed by atoms with van der Waals surface area (Å²) in [5.74, 6) is 0.877. The van der Waals surface area contributed by atoms with Crippen LogP contribution in [-0.2, 0) is 16.0 Å². The minimum absolute atomic E-state index is 0.107. The van der Waals surface area contributed by atoms with Gasteiger partial charge in [0.2, 0.25) is 0 Å². The summed E-state index contributed by atoms with van der Waals surface area (Å²) in [5, 5.41) is 3.99. The van der Waals surface area contributed by atoms with E-state index < -0.39 is 0 Å². The van der Waals surface area contributed by atoms with Gasteiger partial charge in [-0.15, -0.1) is 0 Å². The third-order valence-corrected chi connectivity index (χ3v) is 4.09. The maximum atomic E-state index is 6.27. The number of methoxy groups -OCH3 is 2. The fraction of sp³-hybridized carbons (Fsp3) is 0.667. The Morgan fingerprint density at radius 2 is 1.95 bits per heavy atom. The van der Waals surface area contributed by atoms with Crippen molar-refractivity contribution in [2.75, 3.05) is 39.2 Å². The molecule has 21 heavy (non-hydrogen) atoms. The molecule has 0 radical (unpaired) electrons. The highest BCUT2D eigenvalue weighted by Gasteiger charge is 2.33. The van der Waals surface area contributed by atoms with E-state index in [4.69, 9.17) is 21.1 Å². The number of aromatic nitrogens is 1. The average Bonchev–Trinajstić information content (AvgIpc) is 2.90. The standard InChI is InChI=1S/C15H24ClN3O2/c1-4-7-17-15-6-5-11(16)12(18-15)8-19-9-13(20-2)14(10-19)21-3/h5-6,13-14H,4,7-10H2,1-3H3,(H,17,18). The van der Waals surface area contributed by atoms with Gasteiger partial charge in [0.25, 0.3) is 0 Å². The monoisotopic (exact) mass is 313 g/mol. The van der Waals surface area contributed by atoms with Gasteiger partial charge in [0.15, 0.2) is 0 Å². The predicted octanol–water partition coefficient (Wildman–Crippen LogP) is 2.40. The molecule has 1 fully saturated rings. The first kappa shape index (κ1) is 16.5. The van der Waals surface area contributed by atoms with Crippen molar-refractivity contribution >= 4 is 17.4 Å². The first-order valence-corrected chi connectivity index (χ1v) is 7.73. The molecule has 0 saturated carbocycles. The Morgan fingerprint density at radius 1 is 1.29 bits per heavy atom. The third kappa shape index (κ3) is 4.30. The number of hydrogen-bond acceptors (Lipinski definition) is 5. The summed E-state index contributed by atoms with van der Waals surface area (Å²) in [6.45, 7) is 5.42. The number of nitrogens with one attached hydrogen (secondary N) is 1. The van der Waals surface area contributed by atoms with Crippen LogP contribution in [-0.4, -0.2) is 55.9 Å². The van der Waals surface area contributed by atoms with Crippen molar-refractivity contribution in [3.05, 3.63) is 22.8 Å². The lowest BCUT2D eigenvalue weighted by Crippen LogP contribution is -2.27. The molecule has 0 spiro atoms. The summed E-state index contributed by atoms with van der Waals surface area (Å²) < 4.78 is 10.9. The quantitative estimate of drug-likeness (QED) is 0.837. The van der Waals surface area contributed by atoms with E-state index in [9.17, 15) is 0 Å². The molecule has 0 bridgehead atoms. The van der Waals surface area contributed by atoms with Crippen molar-refractivity contribution in [2.45, 2.75) is 32.1 Å². The molecule has 1 aromatic rings. The summed E-state index contributed by atoms with van der Waals surface area (Å²) in [6, 6.07) is 3.82. The molecule has 0 aromatic carbocycles. The van der Waals surface area contributed by atoms with Gasteiger partial charge in [-0.25, -0.2) is 4.98 Å². The minimum Gasteiger partial charge on any atom is -0.377 e. The van der Waals surface area contributed by atoms with Crippen LogP contribution < -0.4 is 5.32 Å². The molecule has 2 unspecified atom stereocenters. The summed E-state index contributed by atoms with van der Waals surface area (Å²) in [4.78, 5) is 6.87. The summed E-state index contributed by atoms with van der Waals surface area (Å²) in [7, 11) is 3.45. The summed E-state index contributed by atoms with van der Waals surface area (Å²) in [6.07, 6.45) is 1.28. The summed E-state index contributed by atoms with van der Waals surface area (Å²) in [5.41, 5.74) is 0.893. The van der Waals surface area contributed by atoms with Crippen LogP contribution in [0, 0.1) is 0 Å². The van der Waals surface area contributed by atoms with Gasteiger partial charge < -0.3 is 14.8 Å². The third-order valence-electron chi connectivity index (χ3n) is 3.74. The van der Waals surface area contributed by atoms with Crippen LogP contribution in [0.1, 0.15) is 19.0 Å². The largest absolute Gasteiger partial charge is 0.377 e. The van der Waals surface area contributed by atoms with E-state index in [0.717, 1.165) is 37.6 Å². The van der Waals surface area contributed by atoms with E-state index >= 15 is 0 Å². The Balaban J connectivity index is 2.02. The van der Waals surface area contributed by atoms with Crippen LogP contribution in [0.2, 0.25) is 5.02 Å². The fourth-order valence-electron chi connectivity index (χ4n) is 2.56. The number of rotatable bonds is 7. The zero-order chi connectivity index (χ0) is 15.2. The Morgan fingerprint density at radius 3 is 2.52 bits per heavy atom. The maximum Gasteiger partial charge on any atom is 0.126 e. The van der Waals surface area contributed by atoms with Crippen molar-refractivity contribution in [2.24, 2.45) is 0 Å². The van der Waals surface area contributed by atoms with E-state index in [2.05, 4.69) is 22.1 Å². The van der Waals surface area contributed by atoms with E-state index in [0.29, 0.717) is 11.6 Å². The molecule has 0 amide bonds. The van der Waals surface area contributed by atoms with Gasteiger partial charge in [-0.05, 0) is 18.6 Å². The predicted molar refractivity (Wildman–Crippen MR) is 84.9 cm³/mol. The van der Waals surface area contributed by atoms with E-state index in [1.165, 1.54) is 0 Å². The van der Waals surface area contributed by atoms with Crippen molar-refractivity contribution < 1.29 is 9.47 Å². The normalized spacial score (nSPS) is 22.7. The zero-order valence-electron chi connectivity index (χ0n) is 12.9. The molecule has 118 valence electrons. The lowest BCUT2D eigenvalue weighted by atomic mass is 10.3. The smallest absolute Gasteiger partial charge is 0.126 e. The van der Waals surface area contributed by atoms with Crippen LogP contribution in [0.15, 0.2) is 12.1 Å². The molecule has 1 aliphatic heterocycles. The van der Waals surface area contributed by atoms with Gasteiger partial charge in [-0.3, -0.25) is 4.90 Å². The van der Waals surface area contributed by atoms with E-state index in [1.807, 2.05) is 12.1 Å². The van der Waals surface area contributed by atoms with Crippen LogP contribution >= 0.6 is 11.6 Å². The highest BCUT2D eigenvalue weighted by Crippen LogP contribution is 2.22. The van der Waals surface area contributed by atoms with Gasteiger partial charge in [-0.2, -0.15) is 0 Å². The van der Waals surface area contributed by atoms with Gasteiger partial charge in [-0.1, -0.05) is 18.5 Å². The van der Waals surface area contributed by atoms with Crippen molar-refractivity contribution in [3.8, 4) is 0 Å². The first-order valence-electron chi connectivity index (χ1n) is 7.35. The SMILES string of the molecule is CCCNc1ccc(Cl)c(CN2CC(OC)C(OC)C2)n1. The second kappa shape index (κ2) is 7.94. The summed E-state index contributed by atoms with van der Waals surface area (Å²) >= 11 is 6.27. The maximum absolute atomic E-state index is 6.27. The van der Waals surface area contributed by atoms with Crippen molar-refractivity contribution in [1.29, 1.82) is 0 Å². The van der Waals surface area contributed by atoms with Crippen molar-refractivity contribution in [3.63, 3.8) is 0 Å². The van der Waals surface area contributed by atoms with Crippen LogP contribution in [0.4, 0.5) is 5.82 Å². The molecule has 5 nitrogen and oxygen atoms in total. The average molecular weight is 314 g/mol. The second-order valence-electron chi connectivity index (χ2n) is 5.29. The van der Waals surface area contributed by atoms with Gasteiger partial charge in [0.05, 0.1) is 22.9 Å². The Kier molecular flexibility index (Phi) is 6.23. The molecule has 1 N–H and O–H groups in total. The number of nitrogens with zero attached hydrogens (tertiary/aromatic N) is 2. The van der Waals surface area contributed by atoms with E-state index in [-0.39, 0.29) is 12.2 Å². The Bertz CT molecular complexity index is 447. The second-order valence-corrected chi connectivity index (χ2v) is 5.70. The molecule has 1 aromatic heterocycles. The molecule has 1 saturated heterocycles. The van der Waals surface area contributed by atoms with Gasteiger partial charge in [0, 0.05) is 40.4 Å². The lowest BCUT2D eigenvalue weighted by Gasteiger charge is -2.16. The fourth-order valence-corrected chi connectivity index (χ4v) is 2.72. The number of halogens is 1. The van der Waals surface area contributed by atoms with Crippen molar-refractivity contribution in [1.82, 2.24) is 9.88 Å². The molecule has 2 atom stereocenters. The van der Waals surface area contributed by atoms with Crippen LogP contribution in [0.25, 0.3) is 0 Å². The molecule has 2 rings (SSSR count). The Labute approximate surface area is 131 Å². The molecular weight excluding hydrogens is 290 g/mol. The minimum atomic E-state index is 0.107. The molecule has 2 heterocycles. The molecule has 6 heteroatoms. The topological polar surface area (TPSA) is 46.6 Å². The molecular formula is C15H24ClN3O2. The van der Waals surface area contributed by atoms with Gasteiger partial charge in [0.1, 0.15) is 5.82 Å². The zero-order valence-corrected chi connectivity index (χ0v) is 13.7. The van der Waals surface area contributed by atoms with Crippen LogP contribution in [0.5, 0.6) is 0 Å². The van der Waals surface area contributed by atoms with Crippen LogP contribution in [0.3, 0.4) is 0 Å². The first-order chi connectivity index (χ1) is 10.2. The number of likely N-dealkylation sites (tertiary alicyclic amines) is 1. The molecule has 0 aliphatic carbocycles. The lowest BCUT2D eigenvalue weighted by molar-refractivity contribution is -0.00461. The van der Waals surface area contributed by atoms with Gasteiger partial charge >= 0.3 is 0 Å². The Hall–Kier alpha value is -0.880.